The van der Waals surface area contributed by atoms with Crippen molar-refractivity contribution in [1.82, 2.24) is 15.5 Å². The van der Waals surface area contributed by atoms with E-state index >= 15 is 0 Å². The number of imide groups is 1. The van der Waals surface area contributed by atoms with Gasteiger partial charge in [-0.15, -0.1) is 0 Å². The lowest BCUT2D eigenvalue weighted by atomic mass is 9.85. The number of allylic oxidation sites excluding steroid dienone is 2. The minimum absolute atomic E-state index is 0.0301. The molecule has 1 saturated heterocycles. The highest BCUT2D eigenvalue weighted by Crippen LogP contribution is 2.52. The van der Waals surface area contributed by atoms with Crippen LogP contribution in [0.3, 0.4) is 0 Å². The Morgan fingerprint density at radius 3 is 2.36 bits per heavy atom. The van der Waals surface area contributed by atoms with Gasteiger partial charge in [-0.3, -0.25) is 19.5 Å². The first-order valence-corrected chi connectivity index (χ1v) is 9.67. The van der Waals surface area contributed by atoms with Gasteiger partial charge in [-0.25, -0.2) is 0 Å². The van der Waals surface area contributed by atoms with Crippen LogP contribution in [0.5, 0.6) is 0 Å². The number of carbonyl (C=O) groups is 2. The number of hydrogen-bond acceptors (Lipinski definition) is 3. The summed E-state index contributed by atoms with van der Waals surface area (Å²) in [6, 6.07) is 0. The molecule has 2 amide bonds. The average Bonchev–Trinajstić information content (AvgIpc) is 3.38. The second kappa shape index (κ2) is 6.81. The smallest absolute Gasteiger partial charge is 0.233 e. The third kappa shape index (κ3) is 2.96. The van der Waals surface area contributed by atoms with Crippen LogP contribution in [0, 0.1) is 29.6 Å². The van der Waals surface area contributed by atoms with Gasteiger partial charge in [0.2, 0.25) is 11.8 Å². The zero-order valence-corrected chi connectivity index (χ0v) is 14.9. The molecule has 0 spiro atoms. The van der Waals surface area contributed by atoms with Crippen LogP contribution in [0.4, 0.5) is 0 Å². The van der Waals surface area contributed by atoms with E-state index in [-0.39, 0.29) is 35.5 Å². The largest absolute Gasteiger partial charge is 0.356 e. The SMILES string of the molecule is CN=C(NCCN1C(=O)C2C3C=CC(C3)C2C1=O)NCC1CCCC1. The Morgan fingerprint density at radius 2 is 1.76 bits per heavy atom. The second-order valence-electron chi connectivity index (χ2n) is 7.86. The molecule has 6 nitrogen and oxygen atoms in total. The highest BCUT2D eigenvalue weighted by Gasteiger charge is 2.58. The van der Waals surface area contributed by atoms with Crippen molar-refractivity contribution >= 4 is 17.8 Å². The molecular weight excluding hydrogens is 316 g/mol. The van der Waals surface area contributed by atoms with Crippen molar-refractivity contribution in [2.75, 3.05) is 26.7 Å². The van der Waals surface area contributed by atoms with Gasteiger partial charge in [-0.05, 0) is 37.0 Å². The number of carbonyl (C=O) groups excluding carboxylic acids is 2. The van der Waals surface area contributed by atoms with Crippen LogP contribution in [0.15, 0.2) is 17.1 Å². The molecule has 0 radical (unpaired) electrons. The summed E-state index contributed by atoms with van der Waals surface area (Å²) in [5.41, 5.74) is 0. The normalized spacial score (nSPS) is 34.3. The molecule has 1 heterocycles. The number of nitrogens with one attached hydrogen (secondary N) is 2. The van der Waals surface area contributed by atoms with Crippen LogP contribution >= 0.6 is 0 Å². The fourth-order valence-corrected chi connectivity index (χ4v) is 5.15. The molecule has 25 heavy (non-hydrogen) atoms. The van der Waals surface area contributed by atoms with E-state index in [1.807, 2.05) is 0 Å². The Labute approximate surface area is 149 Å². The van der Waals surface area contributed by atoms with Gasteiger partial charge in [-0.1, -0.05) is 25.0 Å². The molecule has 2 saturated carbocycles. The van der Waals surface area contributed by atoms with Crippen LogP contribution in [-0.4, -0.2) is 49.4 Å². The standard InChI is InChI=1S/C19H28N4O2/c1-20-19(22-11-12-4-2-3-5-12)21-8-9-23-17(24)15-13-6-7-14(10-13)16(15)18(23)25/h6-7,12-16H,2-5,8-11H2,1H3,(H2,20,21,22). The fourth-order valence-electron chi connectivity index (χ4n) is 5.15. The van der Waals surface area contributed by atoms with Crippen LogP contribution in [-0.2, 0) is 9.59 Å². The minimum Gasteiger partial charge on any atom is -0.356 e. The van der Waals surface area contributed by atoms with Gasteiger partial charge in [0.1, 0.15) is 0 Å². The molecule has 136 valence electrons. The summed E-state index contributed by atoms with van der Waals surface area (Å²) in [4.78, 5) is 31.0. The van der Waals surface area contributed by atoms with Crippen LogP contribution in [0.2, 0.25) is 0 Å². The molecule has 4 rings (SSSR count). The maximum atomic E-state index is 12.6. The van der Waals surface area contributed by atoms with Crippen molar-refractivity contribution in [2.45, 2.75) is 32.1 Å². The summed E-state index contributed by atoms with van der Waals surface area (Å²) in [5, 5.41) is 6.61. The van der Waals surface area contributed by atoms with E-state index < -0.39 is 0 Å². The Kier molecular flexibility index (Phi) is 4.52. The predicted molar refractivity (Wildman–Crippen MR) is 95.8 cm³/mol. The van der Waals surface area contributed by atoms with Crippen molar-refractivity contribution in [3.05, 3.63) is 12.2 Å². The van der Waals surface area contributed by atoms with Gasteiger partial charge in [0.25, 0.3) is 0 Å². The van der Waals surface area contributed by atoms with Gasteiger partial charge in [0.05, 0.1) is 11.8 Å². The molecule has 4 unspecified atom stereocenters. The molecule has 0 aromatic carbocycles. The van der Waals surface area contributed by atoms with Crippen LogP contribution < -0.4 is 10.6 Å². The predicted octanol–water partition coefficient (Wildman–Crippen LogP) is 1.15. The summed E-state index contributed by atoms with van der Waals surface area (Å²) in [7, 11) is 1.75. The Balaban J connectivity index is 1.25. The number of hydrogen-bond donors (Lipinski definition) is 2. The van der Waals surface area contributed by atoms with E-state index in [2.05, 4.69) is 27.8 Å². The molecule has 3 aliphatic carbocycles. The van der Waals surface area contributed by atoms with E-state index in [1.54, 1.807) is 7.05 Å². The third-order valence-corrected chi connectivity index (χ3v) is 6.45. The van der Waals surface area contributed by atoms with Gasteiger partial charge in [0.15, 0.2) is 5.96 Å². The fraction of sp³-hybridized carbons (Fsp3) is 0.737. The molecule has 2 bridgehead atoms. The first-order chi connectivity index (χ1) is 12.2. The second-order valence-corrected chi connectivity index (χ2v) is 7.86. The first-order valence-electron chi connectivity index (χ1n) is 9.67. The highest BCUT2D eigenvalue weighted by molar-refractivity contribution is 6.06. The van der Waals surface area contributed by atoms with Gasteiger partial charge < -0.3 is 10.6 Å². The molecule has 2 N–H and O–H groups in total. The van der Waals surface area contributed by atoms with Gasteiger partial charge in [-0.2, -0.15) is 0 Å². The lowest BCUT2D eigenvalue weighted by molar-refractivity contribution is -0.140. The summed E-state index contributed by atoms with van der Waals surface area (Å²) in [6.07, 6.45) is 10.5. The lowest BCUT2D eigenvalue weighted by Crippen LogP contribution is -2.44. The zero-order valence-electron chi connectivity index (χ0n) is 14.9. The van der Waals surface area contributed by atoms with E-state index in [9.17, 15) is 9.59 Å². The minimum atomic E-state index is -0.0951. The lowest BCUT2D eigenvalue weighted by Gasteiger charge is -2.19. The average molecular weight is 344 g/mol. The van der Waals surface area contributed by atoms with E-state index in [1.165, 1.54) is 30.6 Å². The summed E-state index contributed by atoms with van der Waals surface area (Å²) < 4.78 is 0. The Bertz CT molecular complexity index is 579. The van der Waals surface area contributed by atoms with Crippen LogP contribution in [0.1, 0.15) is 32.1 Å². The maximum Gasteiger partial charge on any atom is 0.233 e. The third-order valence-electron chi connectivity index (χ3n) is 6.45. The van der Waals surface area contributed by atoms with E-state index in [0.29, 0.717) is 13.1 Å². The number of amides is 2. The monoisotopic (exact) mass is 344 g/mol. The van der Waals surface area contributed by atoms with Crippen molar-refractivity contribution in [3.8, 4) is 0 Å². The topological polar surface area (TPSA) is 73.8 Å². The Hall–Kier alpha value is -1.85. The number of nitrogens with zero attached hydrogens (tertiary/aromatic N) is 2. The molecule has 6 heteroatoms. The number of rotatable bonds is 5. The zero-order chi connectivity index (χ0) is 17.4. The molecule has 3 fully saturated rings. The Morgan fingerprint density at radius 1 is 1.12 bits per heavy atom. The molecule has 0 aromatic rings. The molecular formula is C19H28N4O2. The summed E-state index contributed by atoms with van der Waals surface area (Å²) in [5.74, 6) is 1.93. The first kappa shape index (κ1) is 16.6. The molecule has 0 aromatic heterocycles. The highest BCUT2D eigenvalue weighted by atomic mass is 16.2. The number of fused-ring (bicyclic) bond motifs is 5. The van der Waals surface area contributed by atoms with Gasteiger partial charge in [0, 0.05) is 26.7 Å². The van der Waals surface area contributed by atoms with E-state index in [4.69, 9.17) is 0 Å². The summed E-state index contributed by atoms with van der Waals surface area (Å²) >= 11 is 0. The number of aliphatic imine (C=N–C) groups is 1. The van der Waals surface area contributed by atoms with Crippen molar-refractivity contribution in [1.29, 1.82) is 0 Å². The van der Waals surface area contributed by atoms with Crippen molar-refractivity contribution in [3.63, 3.8) is 0 Å². The van der Waals surface area contributed by atoms with E-state index in [0.717, 1.165) is 24.8 Å². The maximum absolute atomic E-state index is 12.6. The quantitative estimate of drug-likeness (QED) is 0.340. The van der Waals surface area contributed by atoms with Gasteiger partial charge >= 0.3 is 0 Å². The number of likely N-dealkylation sites (tertiary alicyclic amines) is 1. The van der Waals surface area contributed by atoms with Crippen molar-refractivity contribution in [2.24, 2.45) is 34.6 Å². The molecule has 4 aliphatic rings. The molecule has 1 aliphatic heterocycles. The number of guanidine groups is 1. The molecule has 4 atom stereocenters. The van der Waals surface area contributed by atoms with Crippen LogP contribution in [0.25, 0.3) is 0 Å². The summed E-state index contributed by atoms with van der Waals surface area (Å²) in [6.45, 7) is 1.92. The van der Waals surface area contributed by atoms with Crippen molar-refractivity contribution < 1.29 is 9.59 Å².